The normalized spacial score (nSPS) is 11.1. The van der Waals surface area contributed by atoms with Crippen LogP contribution < -0.4 is 15.8 Å². The molecule has 0 saturated carbocycles. The molecule has 152 valence electrons. The van der Waals surface area contributed by atoms with Crippen molar-refractivity contribution in [1.82, 2.24) is 9.78 Å². The number of aromatic nitrogens is 2. The number of methoxy groups -OCH3 is 1. The number of allylic oxidation sites excluding steroid dienone is 2. The Kier molecular flexibility index (Phi) is 6.12. The van der Waals surface area contributed by atoms with Crippen LogP contribution in [0.25, 0.3) is 5.70 Å². The monoisotopic (exact) mass is 402 g/mol. The number of aryl methyl sites for hydroxylation is 1. The number of hydrogen-bond acceptors (Lipinski definition) is 4. The lowest BCUT2D eigenvalue weighted by atomic mass is 10.1. The van der Waals surface area contributed by atoms with Crippen molar-refractivity contribution in [2.45, 2.75) is 6.92 Å². The number of carbonyl (C=O) groups excluding carboxylic acids is 2. The summed E-state index contributed by atoms with van der Waals surface area (Å²) < 4.78 is 6.90. The lowest BCUT2D eigenvalue weighted by Crippen LogP contribution is -2.14. The Labute approximate surface area is 174 Å². The molecule has 3 N–H and O–H groups in total. The van der Waals surface area contributed by atoms with Crippen LogP contribution in [0.1, 0.15) is 32.1 Å². The number of nitrogens with two attached hydrogens (primary N) is 1. The average Bonchev–Trinajstić information content (AvgIpc) is 3.14. The molecule has 3 aromatic rings. The van der Waals surface area contributed by atoms with Crippen LogP contribution in [-0.2, 0) is 0 Å². The van der Waals surface area contributed by atoms with Crippen LogP contribution in [-0.4, -0.2) is 28.7 Å². The van der Waals surface area contributed by atoms with Crippen molar-refractivity contribution in [3.63, 3.8) is 0 Å². The molecule has 2 aromatic carbocycles. The van der Waals surface area contributed by atoms with Crippen LogP contribution in [0, 0.1) is 6.92 Å². The first-order valence-corrected chi connectivity index (χ1v) is 9.18. The molecule has 1 aromatic heterocycles. The van der Waals surface area contributed by atoms with E-state index in [1.165, 1.54) is 0 Å². The first-order chi connectivity index (χ1) is 14.4. The van der Waals surface area contributed by atoms with Gasteiger partial charge >= 0.3 is 0 Å². The Morgan fingerprint density at radius 2 is 1.73 bits per heavy atom. The van der Waals surface area contributed by atoms with Crippen LogP contribution in [0.4, 0.5) is 5.69 Å². The van der Waals surface area contributed by atoms with E-state index in [0.29, 0.717) is 11.3 Å². The molecule has 0 spiro atoms. The lowest BCUT2D eigenvalue weighted by molar-refractivity contribution is 0.0997. The summed E-state index contributed by atoms with van der Waals surface area (Å²) in [6.07, 6.45) is 3.49. The number of amides is 2. The first kappa shape index (κ1) is 20.6. The van der Waals surface area contributed by atoms with E-state index >= 15 is 0 Å². The molecule has 0 aliphatic heterocycles. The van der Waals surface area contributed by atoms with Gasteiger partial charge in [0.05, 0.1) is 12.8 Å². The third-order valence-corrected chi connectivity index (χ3v) is 4.44. The molecule has 2 amide bonds. The summed E-state index contributed by atoms with van der Waals surface area (Å²) in [5.74, 6) is -0.144. The largest absolute Gasteiger partial charge is 0.497 e. The second-order valence-corrected chi connectivity index (χ2v) is 6.49. The van der Waals surface area contributed by atoms with Gasteiger partial charge in [-0.15, -0.1) is 0 Å². The van der Waals surface area contributed by atoms with Crippen molar-refractivity contribution < 1.29 is 14.3 Å². The molecular formula is C23H22N4O3. The summed E-state index contributed by atoms with van der Waals surface area (Å²) in [4.78, 5) is 23.8. The number of nitrogens with zero attached hydrogens (tertiary/aromatic N) is 2. The molecule has 30 heavy (non-hydrogen) atoms. The van der Waals surface area contributed by atoms with E-state index in [2.05, 4.69) is 17.0 Å². The topological polar surface area (TPSA) is 99.2 Å². The van der Waals surface area contributed by atoms with Crippen molar-refractivity contribution >= 4 is 23.2 Å². The Hall–Kier alpha value is -4.13. The first-order valence-electron chi connectivity index (χ1n) is 9.18. The number of rotatable bonds is 7. The van der Waals surface area contributed by atoms with Gasteiger partial charge in [-0.1, -0.05) is 12.7 Å². The maximum absolute atomic E-state index is 12.7. The zero-order valence-electron chi connectivity index (χ0n) is 16.8. The molecule has 0 atom stereocenters. The van der Waals surface area contributed by atoms with Gasteiger partial charge in [-0.25, -0.2) is 4.68 Å². The summed E-state index contributed by atoms with van der Waals surface area (Å²) in [6, 6.07) is 15.6. The predicted octanol–water partition coefficient (Wildman–Crippen LogP) is 3.63. The van der Waals surface area contributed by atoms with Crippen LogP contribution in [0.5, 0.6) is 5.75 Å². The highest BCUT2D eigenvalue weighted by atomic mass is 16.5. The number of benzene rings is 2. The second kappa shape index (κ2) is 8.91. The van der Waals surface area contributed by atoms with Gasteiger partial charge in [-0.3, -0.25) is 9.59 Å². The van der Waals surface area contributed by atoms with E-state index in [1.807, 2.05) is 37.3 Å². The minimum atomic E-state index is -0.526. The van der Waals surface area contributed by atoms with Gasteiger partial charge < -0.3 is 15.8 Å². The molecule has 0 fully saturated rings. The number of primary amides is 1. The summed E-state index contributed by atoms with van der Waals surface area (Å²) in [7, 11) is 1.61. The summed E-state index contributed by atoms with van der Waals surface area (Å²) >= 11 is 0. The minimum Gasteiger partial charge on any atom is -0.497 e. The second-order valence-electron chi connectivity index (χ2n) is 6.49. The van der Waals surface area contributed by atoms with E-state index in [1.54, 1.807) is 48.2 Å². The van der Waals surface area contributed by atoms with E-state index in [-0.39, 0.29) is 11.6 Å². The predicted molar refractivity (Wildman–Crippen MR) is 116 cm³/mol. The van der Waals surface area contributed by atoms with Gasteiger partial charge in [0.2, 0.25) is 5.91 Å². The van der Waals surface area contributed by atoms with Crippen LogP contribution in [0.3, 0.4) is 0 Å². The van der Waals surface area contributed by atoms with Crippen molar-refractivity contribution in [3.05, 3.63) is 95.8 Å². The molecular weight excluding hydrogens is 380 g/mol. The molecule has 0 aliphatic carbocycles. The fourth-order valence-electron chi connectivity index (χ4n) is 2.90. The van der Waals surface area contributed by atoms with Gasteiger partial charge in [0, 0.05) is 22.5 Å². The van der Waals surface area contributed by atoms with E-state index < -0.39 is 5.91 Å². The van der Waals surface area contributed by atoms with Gasteiger partial charge in [0.25, 0.3) is 5.91 Å². The lowest BCUT2D eigenvalue weighted by Gasteiger charge is -2.10. The quantitative estimate of drug-likeness (QED) is 0.590. The molecule has 1 heterocycles. The van der Waals surface area contributed by atoms with Gasteiger partial charge in [0.1, 0.15) is 5.75 Å². The van der Waals surface area contributed by atoms with Crippen molar-refractivity contribution in [3.8, 4) is 5.75 Å². The van der Waals surface area contributed by atoms with Crippen LogP contribution in [0.2, 0.25) is 0 Å². The third-order valence-electron chi connectivity index (χ3n) is 4.44. The molecule has 0 unspecified atom stereocenters. The smallest absolute Gasteiger partial charge is 0.276 e. The highest BCUT2D eigenvalue weighted by molar-refractivity contribution is 6.03. The number of ether oxygens (including phenoxy) is 1. The maximum Gasteiger partial charge on any atom is 0.276 e. The summed E-state index contributed by atoms with van der Waals surface area (Å²) in [6.45, 7) is 5.64. The Morgan fingerprint density at radius 1 is 1.10 bits per heavy atom. The summed E-state index contributed by atoms with van der Waals surface area (Å²) in [5, 5.41) is 7.24. The van der Waals surface area contributed by atoms with Crippen molar-refractivity contribution in [2.24, 2.45) is 5.73 Å². The molecule has 0 bridgehead atoms. The zero-order chi connectivity index (χ0) is 21.7. The molecule has 3 rings (SSSR count). The maximum atomic E-state index is 12.7. The zero-order valence-corrected chi connectivity index (χ0v) is 16.8. The molecule has 0 saturated heterocycles. The van der Waals surface area contributed by atoms with E-state index in [0.717, 1.165) is 22.7 Å². The highest BCUT2D eigenvalue weighted by Crippen LogP contribution is 2.22. The Bertz CT molecular complexity index is 1110. The SMILES string of the molecule is C=C/C=C(/c1ccc(OC)cc1)n1nc(C(=O)Nc2ccc(C(N)=O)cc2)cc1C. The van der Waals surface area contributed by atoms with Crippen molar-refractivity contribution in [1.29, 1.82) is 0 Å². The standard InChI is InChI=1S/C23H22N4O3/c1-4-5-21(16-8-12-19(30-3)13-9-16)27-15(2)14-20(26-27)23(29)25-18-10-6-17(7-11-18)22(24)28/h4-14H,1H2,2-3H3,(H2,24,28)(H,25,29)/b21-5-. The van der Waals surface area contributed by atoms with Crippen LogP contribution >= 0.6 is 0 Å². The average molecular weight is 402 g/mol. The minimum absolute atomic E-state index is 0.259. The fourth-order valence-corrected chi connectivity index (χ4v) is 2.90. The number of anilines is 1. The molecule has 7 heteroatoms. The third kappa shape index (κ3) is 4.47. The van der Waals surface area contributed by atoms with E-state index in [9.17, 15) is 9.59 Å². The van der Waals surface area contributed by atoms with Crippen molar-refractivity contribution in [2.75, 3.05) is 12.4 Å². The fraction of sp³-hybridized carbons (Fsp3) is 0.0870. The Balaban J connectivity index is 1.86. The summed E-state index contributed by atoms with van der Waals surface area (Å²) in [5.41, 5.74) is 8.85. The van der Waals surface area contributed by atoms with Gasteiger partial charge in [0.15, 0.2) is 5.69 Å². The molecule has 7 nitrogen and oxygen atoms in total. The van der Waals surface area contributed by atoms with Crippen LogP contribution in [0.15, 0.2) is 73.3 Å². The van der Waals surface area contributed by atoms with Gasteiger partial charge in [-0.05, 0) is 67.6 Å². The van der Waals surface area contributed by atoms with E-state index in [4.69, 9.17) is 10.5 Å². The number of nitrogens with one attached hydrogen (secondary N) is 1. The Morgan fingerprint density at radius 3 is 2.30 bits per heavy atom. The number of hydrogen-bond donors (Lipinski definition) is 2. The highest BCUT2D eigenvalue weighted by Gasteiger charge is 2.16. The molecule has 0 aliphatic rings. The van der Waals surface area contributed by atoms with Gasteiger partial charge in [-0.2, -0.15) is 5.10 Å². The number of carbonyl (C=O) groups is 2. The molecule has 0 radical (unpaired) electrons.